The summed E-state index contributed by atoms with van der Waals surface area (Å²) in [5, 5.41) is 0. The molecule has 76 valence electrons. The van der Waals surface area contributed by atoms with Gasteiger partial charge in [-0.2, -0.15) is 0 Å². The Morgan fingerprint density at radius 2 is 2.21 bits per heavy atom. The van der Waals surface area contributed by atoms with Crippen LogP contribution in [0.25, 0.3) is 0 Å². The second-order valence-electron chi connectivity index (χ2n) is 4.11. The Bertz CT molecular complexity index is 347. The van der Waals surface area contributed by atoms with Crippen LogP contribution in [0.3, 0.4) is 0 Å². The molecule has 2 heterocycles. The molecule has 0 atom stereocenters. The summed E-state index contributed by atoms with van der Waals surface area (Å²) < 4.78 is 0. The van der Waals surface area contributed by atoms with Crippen molar-refractivity contribution in [3.8, 4) is 0 Å². The Hall–Kier alpha value is -1.25. The van der Waals surface area contributed by atoms with E-state index < -0.39 is 0 Å². The van der Waals surface area contributed by atoms with Crippen LogP contribution in [0, 0.1) is 6.92 Å². The minimum atomic E-state index is 0.935. The highest BCUT2D eigenvalue weighted by Crippen LogP contribution is 2.25. The number of anilines is 2. The first-order chi connectivity index (χ1) is 6.68. The van der Waals surface area contributed by atoms with E-state index >= 15 is 0 Å². The van der Waals surface area contributed by atoms with Crippen molar-refractivity contribution in [2.75, 3.05) is 24.2 Å². The van der Waals surface area contributed by atoms with E-state index in [9.17, 15) is 0 Å². The van der Waals surface area contributed by atoms with Crippen LogP contribution in [-0.4, -0.2) is 13.6 Å². The van der Waals surface area contributed by atoms with Gasteiger partial charge < -0.3 is 5.73 Å². The van der Waals surface area contributed by atoms with Crippen molar-refractivity contribution in [1.29, 1.82) is 0 Å². The lowest BCUT2D eigenvalue weighted by Crippen LogP contribution is -2.27. The Morgan fingerprint density at radius 3 is 3.00 bits per heavy atom. The molecule has 0 fully saturated rings. The van der Waals surface area contributed by atoms with Gasteiger partial charge in [-0.05, 0) is 26.2 Å². The Morgan fingerprint density at radius 1 is 1.43 bits per heavy atom. The SMILES string of the molecule is Cc1cc(N)c2c([nH+]1)N(C)CCCC2. The van der Waals surface area contributed by atoms with Gasteiger partial charge in [0.1, 0.15) is 5.69 Å². The number of nitrogens with two attached hydrogens (primary N) is 1. The third-order valence-electron chi connectivity index (χ3n) is 2.87. The molecular formula is C11H18N3+. The summed E-state index contributed by atoms with van der Waals surface area (Å²) in [6, 6.07) is 2.03. The van der Waals surface area contributed by atoms with Gasteiger partial charge in [0, 0.05) is 11.8 Å². The average Bonchev–Trinajstić information content (AvgIpc) is 2.29. The maximum absolute atomic E-state index is 6.03. The second-order valence-corrected chi connectivity index (χ2v) is 4.11. The molecule has 0 aromatic carbocycles. The van der Waals surface area contributed by atoms with Gasteiger partial charge in [0.05, 0.1) is 19.2 Å². The molecular weight excluding hydrogens is 174 g/mol. The first kappa shape index (κ1) is 9.31. The van der Waals surface area contributed by atoms with Crippen LogP contribution in [0.2, 0.25) is 0 Å². The summed E-state index contributed by atoms with van der Waals surface area (Å²) in [5.41, 5.74) is 9.38. The average molecular weight is 192 g/mol. The summed E-state index contributed by atoms with van der Waals surface area (Å²) in [5.74, 6) is 1.21. The highest BCUT2D eigenvalue weighted by molar-refractivity contribution is 5.58. The molecule has 0 saturated carbocycles. The number of aromatic amines is 1. The largest absolute Gasteiger partial charge is 0.398 e. The lowest BCUT2D eigenvalue weighted by Gasteiger charge is -2.12. The van der Waals surface area contributed by atoms with Gasteiger partial charge in [-0.25, -0.2) is 4.98 Å². The van der Waals surface area contributed by atoms with E-state index in [2.05, 4.69) is 23.9 Å². The number of nitrogen functional groups attached to an aromatic ring is 1. The summed E-state index contributed by atoms with van der Waals surface area (Å²) in [6.45, 7) is 3.17. The van der Waals surface area contributed by atoms with Crippen LogP contribution in [-0.2, 0) is 6.42 Å². The van der Waals surface area contributed by atoms with Crippen molar-refractivity contribution >= 4 is 11.5 Å². The molecule has 0 bridgehead atoms. The quantitative estimate of drug-likeness (QED) is 0.670. The standard InChI is InChI=1S/C11H17N3/c1-8-7-10(12)9-5-3-4-6-14(2)11(9)13-8/h7H,3-6H2,1-2H3,(H2,12,13)/p+1. The van der Waals surface area contributed by atoms with E-state index in [0.717, 1.165) is 24.3 Å². The molecule has 0 saturated heterocycles. The maximum atomic E-state index is 6.03. The first-order valence-corrected chi connectivity index (χ1v) is 5.21. The zero-order valence-electron chi connectivity index (χ0n) is 8.93. The van der Waals surface area contributed by atoms with Crippen LogP contribution in [0.15, 0.2) is 6.07 Å². The molecule has 1 aromatic heterocycles. The minimum absolute atomic E-state index is 0.935. The van der Waals surface area contributed by atoms with Crippen LogP contribution < -0.4 is 15.6 Å². The van der Waals surface area contributed by atoms with Gasteiger partial charge in [0.2, 0.25) is 0 Å². The summed E-state index contributed by atoms with van der Waals surface area (Å²) >= 11 is 0. The van der Waals surface area contributed by atoms with E-state index in [1.165, 1.54) is 24.2 Å². The van der Waals surface area contributed by atoms with Crippen molar-refractivity contribution in [3.05, 3.63) is 17.3 Å². The molecule has 0 amide bonds. The van der Waals surface area contributed by atoms with Crippen LogP contribution in [0.1, 0.15) is 24.1 Å². The van der Waals surface area contributed by atoms with Gasteiger partial charge in [0.15, 0.2) is 0 Å². The number of pyridine rings is 1. The highest BCUT2D eigenvalue weighted by atomic mass is 15.2. The third kappa shape index (κ3) is 1.54. The third-order valence-corrected chi connectivity index (χ3v) is 2.87. The molecule has 1 aromatic rings. The van der Waals surface area contributed by atoms with Crippen LogP contribution >= 0.6 is 0 Å². The number of hydrogen-bond donors (Lipinski definition) is 1. The van der Waals surface area contributed by atoms with Crippen molar-refractivity contribution in [2.24, 2.45) is 0 Å². The summed E-state index contributed by atoms with van der Waals surface area (Å²) in [7, 11) is 2.12. The van der Waals surface area contributed by atoms with E-state index in [4.69, 9.17) is 5.73 Å². The number of aryl methyl sites for hydroxylation is 1. The molecule has 0 unspecified atom stereocenters. The van der Waals surface area contributed by atoms with Gasteiger partial charge in [-0.1, -0.05) is 0 Å². The number of fused-ring (bicyclic) bond motifs is 1. The Labute approximate surface area is 84.9 Å². The van der Waals surface area contributed by atoms with Crippen molar-refractivity contribution < 1.29 is 4.98 Å². The van der Waals surface area contributed by atoms with Gasteiger partial charge in [0.25, 0.3) is 5.82 Å². The lowest BCUT2D eigenvalue weighted by molar-refractivity contribution is -0.373. The second kappa shape index (κ2) is 3.48. The first-order valence-electron chi connectivity index (χ1n) is 5.21. The van der Waals surface area contributed by atoms with Gasteiger partial charge in [-0.3, -0.25) is 4.90 Å². The van der Waals surface area contributed by atoms with Crippen molar-refractivity contribution in [1.82, 2.24) is 0 Å². The van der Waals surface area contributed by atoms with Crippen molar-refractivity contribution in [2.45, 2.75) is 26.2 Å². The maximum Gasteiger partial charge on any atom is 0.279 e. The van der Waals surface area contributed by atoms with E-state index in [-0.39, 0.29) is 0 Å². The molecule has 3 nitrogen and oxygen atoms in total. The fraction of sp³-hybridized carbons (Fsp3) is 0.545. The van der Waals surface area contributed by atoms with Crippen molar-refractivity contribution in [3.63, 3.8) is 0 Å². The molecule has 0 spiro atoms. The van der Waals surface area contributed by atoms with Gasteiger partial charge >= 0.3 is 0 Å². The Balaban J connectivity index is 2.53. The molecule has 14 heavy (non-hydrogen) atoms. The summed E-state index contributed by atoms with van der Waals surface area (Å²) in [4.78, 5) is 5.67. The molecule has 0 aliphatic carbocycles. The molecule has 2 rings (SSSR count). The molecule has 0 radical (unpaired) electrons. The van der Waals surface area contributed by atoms with E-state index in [1.54, 1.807) is 0 Å². The number of aromatic nitrogens is 1. The smallest absolute Gasteiger partial charge is 0.279 e. The lowest BCUT2D eigenvalue weighted by atomic mass is 10.1. The fourth-order valence-corrected chi connectivity index (χ4v) is 2.11. The van der Waals surface area contributed by atoms with E-state index in [0.29, 0.717) is 0 Å². The number of nitrogens with zero attached hydrogens (tertiary/aromatic N) is 1. The van der Waals surface area contributed by atoms with Gasteiger partial charge in [-0.15, -0.1) is 0 Å². The highest BCUT2D eigenvalue weighted by Gasteiger charge is 2.22. The van der Waals surface area contributed by atoms with E-state index in [1.807, 2.05) is 6.07 Å². The zero-order chi connectivity index (χ0) is 10.1. The number of rotatable bonds is 0. The number of H-pyrrole nitrogens is 1. The van der Waals surface area contributed by atoms with Crippen LogP contribution in [0.4, 0.5) is 11.5 Å². The topological polar surface area (TPSA) is 43.4 Å². The fourth-order valence-electron chi connectivity index (χ4n) is 2.11. The predicted octanol–water partition coefficient (Wildman–Crippen LogP) is 1.16. The van der Waals surface area contributed by atoms with Crippen LogP contribution in [0.5, 0.6) is 0 Å². The monoisotopic (exact) mass is 192 g/mol. The number of hydrogen-bond acceptors (Lipinski definition) is 2. The molecule has 1 aliphatic heterocycles. The minimum Gasteiger partial charge on any atom is -0.398 e. The normalized spacial score (nSPS) is 16.3. The predicted molar refractivity (Wildman–Crippen MR) is 58.4 cm³/mol. The molecule has 3 heteroatoms. The number of nitrogens with one attached hydrogen (secondary N) is 1. The molecule has 1 aliphatic rings. The Kier molecular flexibility index (Phi) is 2.32. The zero-order valence-corrected chi connectivity index (χ0v) is 8.93. The molecule has 3 N–H and O–H groups in total. The summed E-state index contributed by atoms with van der Waals surface area (Å²) in [6.07, 6.45) is 3.58.